The van der Waals surface area contributed by atoms with Crippen molar-refractivity contribution in [3.8, 4) is 5.75 Å². The first-order chi connectivity index (χ1) is 8.11. The second kappa shape index (κ2) is 5.08. The fourth-order valence-corrected chi connectivity index (χ4v) is 2.38. The van der Waals surface area contributed by atoms with Crippen molar-refractivity contribution >= 4 is 21.9 Å². The number of methoxy groups -OCH3 is 1. The summed E-state index contributed by atoms with van der Waals surface area (Å²) in [5, 5.41) is 0. The number of hydrogen-bond donors (Lipinski definition) is 0. The third kappa shape index (κ3) is 2.63. The SMILES string of the molecule is COC(=O)c1cc(Br)cc(C)c1OC1CCC1. The predicted molar refractivity (Wildman–Crippen MR) is 68.5 cm³/mol. The minimum Gasteiger partial charge on any atom is -0.489 e. The van der Waals surface area contributed by atoms with Gasteiger partial charge in [-0.3, -0.25) is 0 Å². The molecule has 0 saturated heterocycles. The molecule has 0 amide bonds. The molecule has 1 aliphatic rings. The number of rotatable bonds is 3. The minimum atomic E-state index is -0.358. The molecule has 17 heavy (non-hydrogen) atoms. The number of carbonyl (C=O) groups is 1. The van der Waals surface area contributed by atoms with Gasteiger partial charge in [0.2, 0.25) is 0 Å². The first kappa shape index (κ1) is 12.4. The van der Waals surface area contributed by atoms with Crippen molar-refractivity contribution in [2.24, 2.45) is 0 Å². The fourth-order valence-electron chi connectivity index (χ4n) is 1.80. The van der Waals surface area contributed by atoms with Crippen LogP contribution in [-0.4, -0.2) is 19.2 Å². The molecule has 0 N–H and O–H groups in total. The van der Waals surface area contributed by atoms with E-state index in [-0.39, 0.29) is 12.1 Å². The van der Waals surface area contributed by atoms with E-state index in [2.05, 4.69) is 15.9 Å². The zero-order valence-electron chi connectivity index (χ0n) is 9.96. The lowest BCUT2D eigenvalue weighted by molar-refractivity contribution is 0.0584. The molecule has 3 nitrogen and oxygen atoms in total. The van der Waals surface area contributed by atoms with E-state index in [9.17, 15) is 4.79 Å². The van der Waals surface area contributed by atoms with Gasteiger partial charge in [0.05, 0.1) is 13.2 Å². The minimum absolute atomic E-state index is 0.248. The van der Waals surface area contributed by atoms with Crippen LogP contribution in [0.5, 0.6) is 5.75 Å². The average Bonchev–Trinajstić information content (AvgIpc) is 2.23. The average molecular weight is 299 g/mol. The highest BCUT2D eigenvalue weighted by molar-refractivity contribution is 9.10. The highest BCUT2D eigenvalue weighted by Gasteiger charge is 2.24. The van der Waals surface area contributed by atoms with Crippen LogP contribution >= 0.6 is 15.9 Å². The van der Waals surface area contributed by atoms with Crippen LogP contribution in [0, 0.1) is 6.92 Å². The lowest BCUT2D eigenvalue weighted by Crippen LogP contribution is -2.26. The molecule has 0 aromatic heterocycles. The third-order valence-electron chi connectivity index (χ3n) is 2.98. The molecule has 0 spiro atoms. The molecule has 2 rings (SSSR count). The summed E-state index contributed by atoms with van der Waals surface area (Å²) < 4.78 is 11.5. The summed E-state index contributed by atoms with van der Waals surface area (Å²) in [6.45, 7) is 1.94. The van der Waals surface area contributed by atoms with Gasteiger partial charge in [-0.2, -0.15) is 0 Å². The smallest absolute Gasteiger partial charge is 0.341 e. The van der Waals surface area contributed by atoms with Crippen LogP contribution in [0.2, 0.25) is 0 Å². The fraction of sp³-hybridized carbons (Fsp3) is 0.462. The molecule has 1 aromatic rings. The summed E-state index contributed by atoms with van der Waals surface area (Å²) in [5.74, 6) is 0.300. The number of benzene rings is 1. The summed E-state index contributed by atoms with van der Waals surface area (Å²) in [6, 6.07) is 3.69. The maximum Gasteiger partial charge on any atom is 0.341 e. The van der Waals surface area contributed by atoms with Crippen LogP contribution in [0.25, 0.3) is 0 Å². The number of ether oxygens (including phenoxy) is 2. The van der Waals surface area contributed by atoms with E-state index in [1.165, 1.54) is 13.5 Å². The van der Waals surface area contributed by atoms with E-state index in [0.717, 1.165) is 22.9 Å². The molecule has 0 atom stereocenters. The molecule has 0 unspecified atom stereocenters. The van der Waals surface area contributed by atoms with Gasteiger partial charge in [0.25, 0.3) is 0 Å². The van der Waals surface area contributed by atoms with Gasteiger partial charge in [0.1, 0.15) is 11.3 Å². The maximum atomic E-state index is 11.7. The van der Waals surface area contributed by atoms with Gasteiger partial charge in [-0.05, 0) is 43.9 Å². The Morgan fingerprint density at radius 1 is 1.41 bits per heavy atom. The van der Waals surface area contributed by atoms with Crippen LogP contribution in [0.15, 0.2) is 16.6 Å². The van der Waals surface area contributed by atoms with Gasteiger partial charge in [0, 0.05) is 4.47 Å². The Bertz CT molecular complexity index is 439. The van der Waals surface area contributed by atoms with Crippen LogP contribution in [-0.2, 0) is 4.74 Å². The molecular formula is C13H15BrO3. The predicted octanol–water partition coefficient (Wildman–Crippen LogP) is 3.48. The molecule has 0 bridgehead atoms. The van der Waals surface area contributed by atoms with Crippen molar-refractivity contribution < 1.29 is 14.3 Å². The van der Waals surface area contributed by atoms with Crippen molar-refractivity contribution in [2.45, 2.75) is 32.3 Å². The number of hydrogen-bond acceptors (Lipinski definition) is 3. The molecule has 0 aliphatic heterocycles. The van der Waals surface area contributed by atoms with Crippen molar-refractivity contribution in [1.82, 2.24) is 0 Å². The number of halogens is 1. The summed E-state index contributed by atoms with van der Waals surface area (Å²) in [4.78, 5) is 11.7. The van der Waals surface area contributed by atoms with Crippen molar-refractivity contribution in [3.63, 3.8) is 0 Å². The number of esters is 1. The molecular weight excluding hydrogens is 284 g/mol. The molecule has 0 radical (unpaired) electrons. The zero-order valence-corrected chi connectivity index (χ0v) is 11.5. The Kier molecular flexibility index (Phi) is 3.72. The van der Waals surface area contributed by atoms with E-state index < -0.39 is 0 Å². The summed E-state index contributed by atoms with van der Waals surface area (Å²) >= 11 is 3.38. The topological polar surface area (TPSA) is 35.5 Å². The molecule has 1 saturated carbocycles. The van der Waals surface area contributed by atoms with Crippen molar-refractivity contribution in [2.75, 3.05) is 7.11 Å². The highest BCUT2D eigenvalue weighted by atomic mass is 79.9. The van der Waals surface area contributed by atoms with Crippen LogP contribution in [0.1, 0.15) is 35.2 Å². The first-order valence-electron chi connectivity index (χ1n) is 5.67. The summed E-state index contributed by atoms with van der Waals surface area (Å²) in [5.41, 5.74) is 1.44. The molecule has 1 fully saturated rings. The van der Waals surface area contributed by atoms with E-state index in [0.29, 0.717) is 11.3 Å². The maximum absolute atomic E-state index is 11.7. The zero-order chi connectivity index (χ0) is 12.4. The molecule has 1 aromatic carbocycles. The van der Waals surface area contributed by atoms with Crippen molar-refractivity contribution in [1.29, 1.82) is 0 Å². The van der Waals surface area contributed by atoms with E-state index in [1.54, 1.807) is 6.07 Å². The Balaban J connectivity index is 2.35. The second-order valence-electron chi connectivity index (χ2n) is 4.26. The highest BCUT2D eigenvalue weighted by Crippen LogP contribution is 2.33. The summed E-state index contributed by atoms with van der Waals surface area (Å²) in [7, 11) is 1.38. The Morgan fingerprint density at radius 3 is 2.65 bits per heavy atom. The normalized spacial score (nSPS) is 15.2. The molecule has 0 heterocycles. The van der Waals surface area contributed by atoms with Gasteiger partial charge in [-0.25, -0.2) is 4.79 Å². The largest absolute Gasteiger partial charge is 0.489 e. The molecule has 92 valence electrons. The first-order valence-corrected chi connectivity index (χ1v) is 6.46. The van der Waals surface area contributed by atoms with Crippen LogP contribution < -0.4 is 4.74 Å². The Labute approximate surface area is 109 Å². The molecule has 1 aliphatic carbocycles. The van der Waals surface area contributed by atoms with Gasteiger partial charge in [0.15, 0.2) is 0 Å². The quantitative estimate of drug-likeness (QED) is 0.802. The van der Waals surface area contributed by atoms with Gasteiger partial charge >= 0.3 is 5.97 Å². The van der Waals surface area contributed by atoms with Crippen LogP contribution in [0.4, 0.5) is 0 Å². The number of aryl methyl sites for hydroxylation is 1. The second-order valence-corrected chi connectivity index (χ2v) is 5.18. The van der Waals surface area contributed by atoms with E-state index in [1.807, 2.05) is 13.0 Å². The number of carbonyl (C=O) groups excluding carboxylic acids is 1. The molecule has 4 heteroatoms. The van der Waals surface area contributed by atoms with Crippen LogP contribution in [0.3, 0.4) is 0 Å². The van der Waals surface area contributed by atoms with Gasteiger partial charge in [-0.15, -0.1) is 0 Å². The lowest BCUT2D eigenvalue weighted by atomic mass is 9.96. The van der Waals surface area contributed by atoms with E-state index in [4.69, 9.17) is 9.47 Å². The lowest BCUT2D eigenvalue weighted by Gasteiger charge is -2.28. The Hall–Kier alpha value is -1.03. The van der Waals surface area contributed by atoms with Gasteiger partial charge in [-0.1, -0.05) is 15.9 Å². The third-order valence-corrected chi connectivity index (χ3v) is 3.44. The standard InChI is InChI=1S/C13H15BrO3/c1-8-6-9(14)7-11(13(15)16-2)12(8)17-10-4-3-5-10/h6-7,10H,3-5H2,1-2H3. The van der Waals surface area contributed by atoms with E-state index >= 15 is 0 Å². The van der Waals surface area contributed by atoms with Gasteiger partial charge < -0.3 is 9.47 Å². The Morgan fingerprint density at radius 2 is 2.12 bits per heavy atom. The van der Waals surface area contributed by atoms with Crippen molar-refractivity contribution in [3.05, 3.63) is 27.7 Å². The summed E-state index contributed by atoms with van der Waals surface area (Å²) in [6.07, 6.45) is 3.58. The monoisotopic (exact) mass is 298 g/mol.